The van der Waals surface area contributed by atoms with Gasteiger partial charge in [0, 0.05) is 23.3 Å². The van der Waals surface area contributed by atoms with Crippen LogP contribution < -0.4 is 0 Å². The smallest absolute Gasteiger partial charge is 0.193 e. The average molecular weight is 269 g/mol. The Morgan fingerprint density at radius 2 is 1.90 bits per heavy atom. The molecule has 1 aliphatic rings. The third-order valence-electron chi connectivity index (χ3n) is 4.30. The van der Waals surface area contributed by atoms with Crippen LogP contribution in [0.3, 0.4) is 0 Å². The molecule has 0 amide bonds. The van der Waals surface area contributed by atoms with E-state index in [0.717, 1.165) is 36.5 Å². The highest BCUT2D eigenvalue weighted by Crippen LogP contribution is 2.29. The Balaban J connectivity index is 1.92. The molecule has 104 valence electrons. The lowest BCUT2D eigenvalue weighted by molar-refractivity contribution is 0.0536. The van der Waals surface area contributed by atoms with Gasteiger partial charge < -0.3 is 5.11 Å². The normalized spacial score (nSPS) is 18.1. The molecular weight excluding hydrogens is 250 g/mol. The van der Waals surface area contributed by atoms with Crippen LogP contribution in [0.5, 0.6) is 0 Å². The molecule has 0 saturated heterocycles. The highest BCUT2D eigenvalue weighted by atomic mass is 16.3. The Hall–Kier alpha value is -1.74. The maximum absolute atomic E-state index is 12.6. The van der Waals surface area contributed by atoms with Gasteiger partial charge in [-0.05, 0) is 24.1 Å². The minimum atomic E-state index is -0.886. The van der Waals surface area contributed by atoms with Crippen molar-refractivity contribution in [3.05, 3.63) is 42.2 Å². The molecule has 2 aromatic rings. The van der Waals surface area contributed by atoms with Gasteiger partial charge >= 0.3 is 0 Å². The van der Waals surface area contributed by atoms with E-state index < -0.39 is 6.10 Å². The van der Waals surface area contributed by atoms with E-state index in [1.807, 2.05) is 24.3 Å². The van der Waals surface area contributed by atoms with Gasteiger partial charge in [-0.3, -0.25) is 9.78 Å². The van der Waals surface area contributed by atoms with E-state index in [0.29, 0.717) is 5.56 Å². The highest BCUT2D eigenvalue weighted by molar-refractivity contribution is 6.09. The van der Waals surface area contributed by atoms with Crippen molar-refractivity contribution in [3.8, 4) is 0 Å². The third-order valence-corrected chi connectivity index (χ3v) is 4.30. The number of hydrogen-bond acceptors (Lipinski definition) is 3. The largest absolute Gasteiger partial charge is 0.385 e. The number of nitrogens with zero attached hydrogens (tertiary/aromatic N) is 1. The number of aliphatic hydroxyl groups is 1. The zero-order chi connectivity index (χ0) is 13.9. The van der Waals surface area contributed by atoms with Gasteiger partial charge in [-0.1, -0.05) is 43.5 Å². The first-order valence-electron chi connectivity index (χ1n) is 7.32. The minimum absolute atomic E-state index is 0.107. The molecule has 0 aliphatic heterocycles. The van der Waals surface area contributed by atoms with Crippen LogP contribution >= 0.6 is 0 Å². The van der Waals surface area contributed by atoms with Gasteiger partial charge in [-0.25, -0.2) is 0 Å². The summed E-state index contributed by atoms with van der Waals surface area (Å²) in [5.41, 5.74) is 0.543. The molecule has 1 saturated carbocycles. The van der Waals surface area contributed by atoms with Crippen LogP contribution in [0.4, 0.5) is 0 Å². The maximum Gasteiger partial charge on any atom is 0.193 e. The molecule has 1 atom stereocenters. The van der Waals surface area contributed by atoms with Crippen LogP contribution in [0.2, 0.25) is 0 Å². The van der Waals surface area contributed by atoms with Crippen LogP contribution in [-0.4, -0.2) is 22.0 Å². The standard InChI is InChI=1S/C17H19NO2/c19-16(12-6-2-1-3-7-12)17(20)15-11-18-10-13-8-4-5-9-14(13)15/h4-5,8-12,16,19H,1-3,6-7H2. The SMILES string of the molecule is O=C(c1cncc2ccccc12)C(O)C1CCCCC1. The number of ketones is 1. The van der Waals surface area contributed by atoms with E-state index in [-0.39, 0.29) is 11.7 Å². The van der Waals surface area contributed by atoms with Crippen LogP contribution in [0.1, 0.15) is 42.5 Å². The number of aliphatic hydroxyl groups excluding tert-OH is 1. The van der Waals surface area contributed by atoms with Crippen molar-refractivity contribution in [2.75, 3.05) is 0 Å². The number of rotatable bonds is 3. The van der Waals surface area contributed by atoms with Crippen LogP contribution in [-0.2, 0) is 0 Å². The zero-order valence-corrected chi connectivity index (χ0v) is 11.5. The third kappa shape index (κ3) is 2.46. The topological polar surface area (TPSA) is 50.2 Å². The van der Waals surface area contributed by atoms with Crippen LogP contribution in [0.25, 0.3) is 10.8 Å². The first kappa shape index (κ1) is 13.3. The summed E-state index contributed by atoms with van der Waals surface area (Å²) >= 11 is 0. The summed E-state index contributed by atoms with van der Waals surface area (Å²) in [4.78, 5) is 16.7. The van der Waals surface area contributed by atoms with E-state index in [2.05, 4.69) is 4.98 Å². The predicted octanol–water partition coefficient (Wildman–Crippen LogP) is 3.36. The summed E-state index contributed by atoms with van der Waals surface area (Å²) in [7, 11) is 0. The summed E-state index contributed by atoms with van der Waals surface area (Å²) in [5, 5.41) is 12.2. The average Bonchev–Trinajstić information content (AvgIpc) is 2.54. The summed E-state index contributed by atoms with van der Waals surface area (Å²) < 4.78 is 0. The van der Waals surface area contributed by atoms with Crippen molar-refractivity contribution in [3.63, 3.8) is 0 Å². The van der Waals surface area contributed by atoms with E-state index in [1.54, 1.807) is 12.4 Å². The van der Waals surface area contributed by atoms with Crippen molar-refractivity contribution >= 4 is 16.6 Å². The molecule has 1 aromatic heterocycles. The summed E-state index contributed by atoms with van der Waals surface area (Å²) in [6, 6.07) is 7.69. The highest BCUT2D eigenvalue weighted by Gasteiger charge is 2.29. The molecule has 3 nitrogen and oxygen atoms in total. The lowest BCUT2D eigenvalue weighted by Gasteiger charge is -2.25. The number of Topliss-reactive ketones (excluding diaryl/α,β-unsaturated/α-hetero) is 1. The molecule has 3 heteroatoms. The second kappa shape index (κ2) is 5.71. The fraction of sp³-hybridized carbons (Fsp3) is 0.412. The van der Waals surface area contributed by atoms with E-state index in [9.17, 15) is 9.90 Å². The van der Waals surface area contributed by atoms with E-state index >= 15 is 0 Å². The Bertz CT molecular complexity index is 612. The molecule has 1 aromatic carbocycles. The molecule has 0 radical (unpaired) electrons. The molecule has 1 fully saturated rings. The van der Waals surface area contributed by atoms with Crippen LogP contribution in [0.15, 0.2) is 36.7 Å². The van der Waals surface area contributed by atoms with Crippen LogP contribution in [0, 0.1) is 5.92 Å². The summed E-state index contributed by atoms with van der Waals surface area (Å²) in [6.45, 7) is 0. The number of fused-ring (bicyclic) bond motifs is 1. The molecule has 3 rings (SSSR count). The quantitative estimate of drug-likeness (QED) is 0.869. The second-order valence-electron chi connectivity index (χ2n) is 5.62. The predicted molar refractivity (Wildman–Crippen MR) is 78.7 cm³/mol. The number of pyridine rings is 1. The Morgan fingerprint density at radius 1 is 1.15 bits per heavy atom. The molecule has 1 N–H and O–H groups in total. The van der Waals surface area contributed by atoms with Crippen molar-refractivity contribution in [2.24, 2.45) is 5.92 Å². The Morgan fingerprint density at radius 3 is 2.70 bits per heavy atom. The summed E-state index contributed by atoms with van der Waals surface area (Å²) in [6.07, 6.45) is 7.79. The Labute approximate surface area is 118 Å². The molecule has 1 unspecified atom stereocenters. The first-order valence-corrected chi connectivity index (χ1v) is 7.32. The molecular formula is C17H19NO2. The van der Waals surface area contributed by atoms with Crippen molar-refractivity contribution in [2.45, 2.75) is 38.2 Å². The monoisotopic (exact) mass is 269 g/mol. The minimum Gasteiger partial charge on any atom is -0.385 e. The van der Waals surface area contributed by atoms with Gasteiger partial charge in [0.2, 0.25) is 0 Å². The number of carbonyl (C=O) groups excluding carboxylic acids is 1. The second-order valence-corrected chi connectivity index (χ2v) is 5.62. The zero-order valence-electron chi connectivity index (χ0n) is 11.5. The molecule has 0 spiro atoms. The Kier molecular flexibility index (Phi) is 3.79. The van der Waals surface area contributed by atoms with Crippen molar-refractivity contribution in [1.82, 2.24) is 4.98 Å². The van der Waals surface area contributed by atoms with Gasteiger partial charge in [0.05, 0.1) is 0 Å². The van der Waals surface area contributed by atoms with Crippen molar-refractivity contribution in [1.29, 1.82) is 0 Å². The number of aromatic nitrogens is 1. The number of hydrogen-bond donors (Lipinski definition) is 1. The molecule has 0 bridgehead atoms. The van der Waals surface area contributed by atoms with Crippen molar-refractivity contribution < 1.29 is 9.90 Å². The lowest BCUT2D eigenvalue weighted by Crippen LogP contribution is -2.31. The van der Waals surface area contributed by atoms with E-state index in [1.165, 1.54) is 6.42 Å². The molecule has 1 heterocycles. The van der Waals surface area contributed by atoms with Gasteiger partial charge in [-0.2, -0.15) is 0 Å². The number of carbonyl (C=O) groups is 1. The summed E-state index contributed by atoms with van der Waals surface area (Å²) in [5.74, 6) is -0.0728. The number of benzene rings is 1. The molecule has 1 aliphatic carbocycles. The van der Waals surface area contributed by atoms with Gasteiger partial charge in [0.1, 0.15) is 6.10 Å². The van der Waals surface area contributed by atoms with Gasteiger partial charge in [0.15, 0.2) is 5.78 Å². The fourth-order valence-electron chi connectivity index (χ4n) is 3.14. The van der Waals surface area contributed by atoms with E-state index in [4.69, 9.17) is 0 Å². The van der Waals surface area contributed by atoms with Gasteiger partial charge in [-0.15, -0.1) is 0 Å². The fourth-order valence-corrected chi connectivity index (χ4v) is 3.14. The van der Waals surface area contributed by atoms with Gasteiger partial charge in [0.25, 0.3) is 0 Å². The maximum atomic E-state index is 12.6. The molecule has 20 heavy (non-hydrogen) atoms. The lowest BCUT2D eigenvalue weighted by atomic mass is 9.82. The first-order chi connectivity index (χ1) is 9.77.